The Bertz CT molecular complexity index is 1210. The number of aromatic nitrogens is 2. The number of rotatable bonds is 5. The molecule has 5 rings (SSSR count). The van der Waals surface area contributed by atoms with Crippen molar-refractivity contribution in [3.63, 3.8) is 0 Å². The Labute approximate surface area is 179 Å². The van der Waals surface area contributed by atoms with Crippen LogP contribution in [0.1, 0.15) is 30.3 Å². The number of amides is 1. The number of carbonyl (C=O) groups is 1. The smallest absolute Gasteiger partial charge is 0.262 e. The van der Waals surface area contributed by atoms with E-state index in [0.29, 0.717) is 36.5 Å². The van der Waals surface area contributed by atoms with Crippen molar-refractivity contribution in [2.24, 2.45) is 5.73 Å². The van der Waals surface area contributed by atoms with Crippen LogP contribution in [0, 0.1) is 0 Å². The van der Waals surface area contributed by atoms with Crippen LogP contribution >= 0.6 is 0 Å². The van der Waals surface area contributed by atoms with E-state index in [2.05, 4.69) is 12.1 Å². The molecule has 3 heterocycles. The van der Waals surface area contributed by atoms with Crippen molar-refractivity contribution in [3.8, 4) is 11.5 Å². The molecule has 160 valence electrons. The van der Waals surface area contributed by atoms with Gasteiger partial charge in [0, 0.05) is 18.4 Å². The Morgan fingerprint density at radius 3 is 2.81 bits per heavy atom. The normalized spacial score (nSPS) is 20.1. The van der Waals surface area contributed by atoms with E-state index >= 15 is 0 Å². The quantitative estimate of drug-likeness (QED) is 0.628. The van der Waals surface area contributed by atoms with Crippen LogP contribution in [-0.4, -0.2) is 35.2 Å². The largest absolute Gasteiger partial charge is 0.486 e. The number of nitrogens with one attached hydrogen (secondary N) is 1. The van der Waals surface area contributed by atoms with E-state index < -0.39 is 5.91 Å². The molecule has 1 aromatic heterocycles. The highest BCUT2D eigenvalue weighted by atomic mass is 16.6. The number of hydrogen-bond acceptors (Lipinski definition) is 5. The van der Waals surface area contributed by atoms with Crippen LogP contribution < -0.4 is 25.7 Å². The van der Waals surface area contributed by atoms with E-state index in [1.54, 1.807) is 12.1 Å². The van der Waals surface area contributed by atoms with Crippen LogP contribution in [0.5, 0.6) is 11.5 Å². The van der Waals surface area contributed by atoms with Crippen molar-refractivity contribution in [1.82, 2.24) is 9.55 Å². The molecular formula is C23H25N4O4+. The molecule has 31 heavy (non-hydrogen) atoms. The zero-order chi connectivity index (χ0) is 21.4. The molecule has 3 N–H and O–H groups in total. The highest BCUT2D eigenvalue weighted by Gasteiger charge is 2.32. The number of likely N-dealkylation sites (tertiary alicyclic amines) is 1. The topological polar surface area (TPSA) is 101 Å². The highest BCUT2D eigenvalue weighted by molar-refractivity contribution is 5.78. The monoisotopic (exact) mass is 421 g/mol. The first-order chi connectivity index (χ1) is 15.1. The Kier molecular flexibility index (Phi) is 5.07. The van der Waals surface area contributed by atoms with Gasteiger partial charge in [-0.1, -0.05) is 12.1 Å². The second-order valence-corrected chi connectivity index (χ2v) is 8.09. The highest BCUT2D eigenvalue weighted by Crippen LogP contribution is 2.33. The third-order valence-corrected chi connectivity index (χ3v) is 6.09. The second kappa shape index (κ2) is 8.03. The molecule has 0 aliphatic carbocycles. The van der Waals surface area contributed by atoms with Gasteiger partial charge in [0.25, 0.3) is 5.56 Å². The molecule has 2 aliphatic heterocycles. The second-order valence-electron chi connectivity index (χ2n) is 8.09. The summed E-state index contributed by atoms with van der Waals surface area (Å²) in [5.41, 5.74) is 7.03. The minimum atomic E-state index is -0.555. The maximum Gasteiger partial charge on any atom is 0.262 e. The number of nitrogens with two attached hydrogens (primary N) is 1. The molecule has 0 bridgehead atoms. The standard InChI is InChI=1S/C23H24N4O4/c24-21(28)13-27-22(25-17-5-2-1-4-16(17)23(27)29)14-26-9-3-6-18(26)15-7-8-19-20(12-15)31-11-10-30-19/h1-2,4-5,7-8,12,18H,3,6,9-11,13-14H2,(H2,24,28)/p+1/t18-/m1/s1. The number of ether oxygens (including phenoxy) is 2. The summed E-state index contributed by atoms with van der Waals surface area (Å²) in [6.45, 7) is 2.44. The molecule has 1 fully saturated rings. The number of benzene rings is 2. The van der Waals surface area contributed by atoms with Gasteiger partial charge in [0.15, 0.2) is 17.3 Å². The molecule has 2 aromatic carbocycles. The van der Waals surface area contributed by atoms with Crippen molar-refractivity contribution in [2.75, 3.05) is 19.8 Å². The molecular weight excluding hydrogens is 396 g/mol. The summed E-state index contributed by atoms with van der Waals surface area (Å²) >= 11 is 0. The van der Waals surface area contributed by atoms with E-state index in [1.807, 2.05) is 18.2 Å². The first-order valence-electron chi connectivity index (χ1n) is 10.6. The summed E-state index contributed by atoms with van der Waals surface area (Å²) in [5, 5.41) is 0.493. The Morgan fingerprint density at radius 1 is 1.16 bits per heavy atom. The number of carbonyl (C=O) groups excluding carboxylic acids is 1. The lowest BCUT2D eigenvalue weighted by molar-refractivity contribution is -0.932. The Balaban J connectivity index is 1.50. The molecule has 1 saturated heterocycles. The van der Waals surface area contributed by atoms with E-state index in [0.717, 1.165) is 30.9 Å². The lowest BCUT2D eigenvalue weighted by Gasteiger charge is -2.25. The third kappa shape index (κ3) is 3.74. The van der Waals surface area contributed by atoms with Gasteiger partial charge in [-0.05, 0) is 30.3 Å². The first-order valence-corrected chi connectivity index (χ1v) is 10.6. The average molecular weight is 421 g/mol. The van der Waals surface area contributed by atoms with Crippen molar-refractivity contribution < 1.29 is 19.2 Å². The van der Waals surface area contributed by atoms with Gasteiger partial charge < -0.3 is 20.1 Å². The zero-order valence-corrected chi connectivity index (χ0v) is 17.2. The fraction of sp³-hybridized carbons (Fsp3) is 0.348. The van der Waals surface area contributed by atoms with Crippen LogP contribution in [-0.2, 0) is 17.9 Å². The summed E-state index contributed by atoms with van der Waals surface area (Å²) in [6.07, 6.45) is 2.10. The summed E-state index contributed by atoms with van der Waals surface area (Å²) in [4.78, 5) is 30.8. The van der Waals surface area contributed by atoms with Gasteiger partial charge >= 0.3 is 0 Å². The minimum Gasteiger partial charge on any atom is -0.486 e. The maximum absolute atomic E-state index is 13.0. The lowest BCUT2D eigenvalue weighted by atomic mass is 10.0. The fourth-order valence-corrected chi connectivity index (χ4v) is 4.67. The zero-order valence-electron chi connectivity index (χ0n) is 17.2. The van der Waals surface area contributed by atoms with Gasteiger partial charge in [0.05, 0.1) is 17.4 Å². The van der Waals surface area contributed by atoms with E-state index in [4.69, 9.17) is 20.2 Å². The lowest BCUT2D eigenvalue weighted by Crippen LogP contribution is -3.09. The summed E-state index contributed by atoms with van der Waals surface area (Å²) in [5.74, 6) is 1.59. The van der Waals surface area contributed by atoms with Gasteiger partial charge in [0.2, 0.25) is 5.91 Å². The molecule has 3 aromatic rings. The average Bonchev–Trinajstić information content (AvgIpc) is 3.24. The van der Waals surface area contributed by atoms with Crippen LogP contribution in [0.25, 0.3) is 10.9 Å². The molecule has 0 spiro atoms. The molecule has 2 atom stereocenters. The molecule has 8 nitrogen and oxygen atoms in total. The van der Waals surface area contributed by atoms with Gasteiger partial charge in [-0.3, -0.25) is 14.2 Å². The first kappa shape index (κ1) is 19.6. The van der Waals surface area contributed by atoms with Crippen molar-refractivity contribution >= 4 is 16.8 Å². The fourth-order valence-electron chi connectivity index (χ4n) is 4.67. The number of nitrogens with zero attached hydrogens (tertiary/aromatic N) is 2. The van der Waals surface area contributed by atoms with Gasteiger partial charge in [-0.2, -0.15) is 0 Å². The van der Waals surface area contributed by atoms with Crippen LogP contribution in [0.3, 0.4) is 0 Å². The van der Waals surface area contributed by atoms with Gasteiger partial charge in [-0.25, -0.2) is 4.98 Å². The van der Waals surface area contributed by atoms with Crippen molar-refractivity contribution in [1.29, 1.82) is 0 Å². The van der Waals surface area contributed by atoms with E-state index in [1.165, 1.54) is 15.0 Å². The predicted octanol–water partition coefficient (Wildman–Crippen LogP) is 0.573. The summed E-state index contributed by atoms with van der Waals surface area (Å²) < 4.78 is 12.8. The molecule has 0 radical (unpaired) electrons. The molecule has 1 amide bonds. The minimum absolute atomic E-state index is 0.173. The third-order valence-electron chi connectivity index (χ3n) is 6.09. The number of hydrogen-bond donors (Lipinski definition) is 2. The van der Waals surface area contributed by atoms with Gasteiger partial charge in [0.1, 0.15) is 32.3 Å². The SMILES string of the molecule is NC(=O)Cn1c(C[NH+]2CCC[C@@H]2c2ccc3c(c2)OCCO3)nc2ccccc2c1=O. The number of fused-ring (bicyclic) bond motifs is 2. The Hall–Kier alpha value is -3.39. The van der Waals surface area contributed by atoms with E-state index in [-0.39, 0.29) is 18.1 Å². The molecule has 0 saturated carbocycles. The number of primary amides is 1. The molecule has 8 heteroatoms. The molecule has 2 aliphatic rings. The Morgan fingerprint density at radius 2 is 1.97 bits per heavy atom. The number of para-hydroxylation sites is 1. The predicted molar refractivity (Wildman–Crippen MR) is 114 cm³/mol. The summed E-state index contributed by atoms with van der Waals surface area (Å²) in [7, 11) is 0. The van der Waals surface area contributed by atoms with Crippen LogP contribution in [0.4, 0.5) is 0 Å². The van der Waals surface area contributed by atoms with Crippen molar-refractivity contribution in [2.45, 2.75) is 32.0 Å². The van der Waals surface area contributed by atoms with E-state index in [9.17, 15) is 9.59 Å². The van der Waals surface area contributed by atoms with Gasteiger partial charge in [-0.15, -0.1) is 0 Å². The summed E-state index contributed by atoms with van der Waals surface area (Å²) in [6, 6.07) is 13.6. The van der Waals surface area contributed by atoms with Crippen LogP contribution in [0.2, 0.25) is 0 Å². The van der Waals surface area contributed by atoms with Crippen LogP contribution in [0.15, 0.2) is 47.3 Å². The van der Waals surface area contributed by atoms with Crippen molar-refractivity contribution in [3.05, 3.63) is 64.2 Å². The number of quaternary nitrogens is 1. The maximum atomic E-state index is 13.0. The molecule has 1 unspecified atom stereocenters.